The van der Waals surface area contributed by atoms with Gasteiger partial charge in [-0.05, 0) is 25.0 Å². The maximum atomic E-state index is 14.0. The van der Waals surface area contributed by atoms with E-state index in [1.165, 1.54) is 4.90 Å². The molecular formula is C12H15F2N3O2. The number of oxime groups is 1. The Labute approximate surface area is 108 Å². The Balaban J connectivity index is 2.42. The molecule has 1 aliphatic heterocycles. The molecule has 0 amide bonds. The topological polar surface area (TPSA) is 82.1 Å². The SMILES string of the molecule is N/C(=N/O)c1cc(F)c(N2CCCC2CO)c(F)c1. The van der Waals surface area contributed by atoms with E-state index in [1.807, 2.05) is 0 Å². The van der Waals surface area contributed by atoms with Gasteiger partial charge in [0.05, 0.1) is 12.6 Å². The van der Waals surface area contributed by atoms with Crippen LogP contribution in [0, 0.1) is 11.6 Å². The molecule has 1 atom stereocenters. The molecule has 1 aromatic rings. The third-order valence-corrected chi connectivity index (χ3v) is 3.30. The average molecular weight is 271 g/mol. The highest BCUT2D eigenvalue weighted by molar-refractivity contribution is 5.97. The van der Waals surface area contributed by atoms with Gasteiger partial charge in [0.1, 0.15) is 17.3 Å². The number of hydrogen-bond donors (Lipinski definition) is 3. The van der Waals surface area contributed by atoms with E-state index in [9.17, 15) is 13.9 Å². The number of amidine groups is 1. The monoisotopic (exact) mass is 271 g/mol. The summed E-state index contributed by atoms with van der Waals surface area (Å²) in [5.41, 5.74) is 5.10. The molecule has 1 heterocycles. The highest BCUT2D eigenvalue weighted by Gasteiger charge is 2.29. The molecule has 0 aromatic heterocycles. The Morgan fingerprint density at radius 2 is 2.05 bits per heavy atom. The van der Waals surface area contributed by atoms with Crippen LogP contribution in [0.2, 0.25) is 0 Å². The minimum Gasteiger partial charge on any atom is -0.409 e. The van der Waals surface area contributed by atoms with Crippen molar-refractivity contribution < 1.29 is 19.1 Å². The molecule has 19 heavy (non-hydrogen) atoms. The van der Waals surface area contributed by atoms with E-state index >= 15 is 0 Å². The molecule has 1 fully saturated rings. The predicted octanol–water partition coefficient (Wildman–Crippen LogP) is 1.02. The molecule has 4 N–H and O–H groups in total. The van der Waals surface area contributed by atoms with E-state index in [0.717, 1.165) is 18.6 Å². The van der Waals surface area contributed by atoms with Crippen LogP contribution in [0.5, 0.6) is 0 Å². The van der Waals surface area contributed by atoms with Crippen LogP contribution in [0.4, 0.5) is 14.5 Å². The summed E-state index contributed by atoms with van der Waals surface area (Å²) >= 11 is 0. The van der Waals surface area contributed by atoms with Crippen molar-refractivity contribution in [1.82, 2.24) is 0 Å². The molecule has 1 aliphatic rings. The van der Waals surface area contributed by atoms with Gasteiger partial charge in [0.2, 0.25) is 0 Å². The Bertz CT molecular complexity index is 485. The second-order valence-corrected chi connectivity index (χ2v) is 4.45. The number of aliphatic hydroxyl groups is 1. The molecular weight excluding hydrogens is 256 g/mol. The van der Waals surface area contributed by atoms with Crippen LogP contribution in [0.1, 0.15) is 18.4 Å². The van der Waals surface area contributed by atoms with Crippen molar-refractivity contribution in [3.63, 3.8) is 0 Å². The number of aliphatic hydroxyl groups excluding tert-OH is 1. The summed E-state index contributed by atoms with van der Waals surface area (Å²) in [5, 5.41) is 20.4. The molecule has 104 valence electrons. The van der Waals surface area contributed by atoms with Gasteiger partial charge in [0.15, 0.2) is 5.84 Å². The third kappa shape index (κ3) is 2.46. The van der Waals surface area contributed by atoms with Crippen LogP contribution in [0.25, 0.3) is 0 Å². The lowest BCUT2D eigenvalue weighted by molar-refractivity contribution is 0.265. The van der Waals surface area contributed by atoms with Gasteiger partial charge in [0, 0.05) is 12.1 Å². The van der Waals surface area contributed by atoms with Crippen LogP contribution in [0.3, 0.4) is 0 Å². The van der Waals surface area contributed by atoms with Crippen molar-refractivity contribution >= 4 is 11.5 Å². The van der Waals surface area contributed by atoms with E-state index < -0.39 is 11.6 Å². The molecule has 7 heteroatoms. The quantitative estimate of drug-likeness (QED) is 0.332. The lowest BCUT2D eigenvalue weighted by atomic mass is 10.1. The molecule has 0 spiro atoms. The first-order valence-corrected chi connectivity index (χ1v) is 5.93. The number of halogens is 2. The van der Waals surface area contributed by atoms with Crippen molar-refractivity contribution in [2.24, 2.45) is 10.9 Å². The summed E-state index contributed by atoms with van der Waals surface area (Å²) in [6, 6.07) is 1.75. The zero-order valence-electron chi connectivity index (χ0n) is 10.2. The standard InChI is InChI=1S/C12H15F2N3O2/c13-9-4-7(12(15)16-19)5-10(14)11(9)17-3-1-2-8(17)6-18/h4-5,8,18-19H,1-3,6H2,(H2,15,16). The minimum atomic E-state index is -0.790. The smallest absolute Gasteiger partial charge is 0.170 e. The third-order valence-electron chi connectivity index (χ3n) is 3.30. The van der Waals surface area contributed by atoms with E-state index in [-0.39, 0.29) is 29.7 Å². The number of anilines is 1. The summed E-state index contributed by atoms with van der Waals surface area (Å²) in [4.78, 5) is 1.51. The zero-order valence-corrected chi connectivity index (χ0v) is 10.2. The van der Waals surface area contributed by atoms with Crippen molar-refractivity contribution in [3.05, 3.63) is 29.3 Å². The maximum Gasteiger partial charge on any atom is 0.170 e. The molecule has 0 bridgehead atoms. The molecule has 2 rings (SSSR count). The normalized spacial score (nSPS) is 20.1. The summed E-state index contributed by atoms with van der Waals surface area (Å²) in [6.45, 7) is 0.336. The first-order chi connectivity index (χ1) is 9.08. The van der Waals surface area contributed by atoms with Gasteiger partial charge in [-0.1, -0.05) is 5.16 Å². The number of nitrogens with zero attached hydrogens (tertiary/aromatic N) is 2. The number of rotatable bonds is 3. The molecule has 1 saturated heterocycles. The zero-order chi connectivity index (χ0) is 14.0. The van der Waals surface area contributed by atoms with Crippen molar-refractivity contribution in [2.75, 3.05) is 18.1 Å². The van der Waals surface area contributed by atoms with Crippen molar-refractivity contribution in [2.45, 2.75) is 18.9 Å². The fourth-order valence-electron chi connectivity index (χ4n) is 2.37. The van der Waals surface area contributed by atoms with Crippen molar-refractivity contribution in [3.8, 4) is 0 Å². The highest BCUT2D eigenvalue weighted by Crippen LogP contribution is 2.31. The Morgan fingerprint density at radius 1 is 1.42 bits per heavy atom. The van der Waals surface area contributed by atoms with Gasteiger partial charge >= 0.3 is 0 Å². The summed E-state index contributed by atoms with van der Waals surface area (Å²) < 4.78 is 28.0. The van der Waals surface area contributed by atoms with Crippen LogP contribution >= 0.6 is 0 Å². The average Bonchev–Trinajstić information content (AvgIpc) is 2.85. The Morgan fingerprint density at radius 3 is 2.58 bits per heavy atom. The first-order valence-electron chi connectivity index (χ1n) is 5.93. The van der Waals surface area contributed by atoms with E-state index in [2.05, 4.69) is 5.16 Å². The van der Waals surface area contributed by atoms with Gasteiger partial charge in [-0.3, -0.25) is 0 Å². The molecule has 0 saturated carbocycles. The molecule has 1 aromatic carbocycles. The number of nitrogens with two attached hydrogens (primary N) is 1. The van der Waals surface area contributed by atoms with Gasteiger partial charge in [-0.25, -0.2) is 8.78 Å². The lowest BCUT2D eigenvalue weighted by Crippen LogP contribution is -2.33. The first kappa shape index (κ1) is 13.5. The van der Waals surface area contributed by atoms with Gasteiger partial charge < -0.3 is 20.9 Å². The fraction of sp³-hybridized carbons (Fsp3) is 0.417. The Hall–Kier alpha value is -1.89. The predicted molar refractivity (Wildman–Crippen MR) is 66.3 cm³/mol. The minimum absolute atomic E-state index is 0.0269. The molecule has 0 aliphatic carbocycles. The molecule has 5 nitrogen and oxygen atoms in total. The van der Waals surface area contributed by atoms with Gasteiger partial charge in [-0.15, -0.1) is 0 Å². The van der Waals surface area contributed by atoms with Crippen LogP contribution < -0.4 is 10.6 Å². The summed E-state index contributed by atoms with van der Waals surface area (Å²) in [6.07, 6.45) is 1.46. The van der Waals surface area contributed by atoms with Gasteiger partial charge in [0.25, 0.3) is 0 Å². The summed E-state index contributed by atoms with van der Waals surface area (Å²) in [7, 11) is 0. The van der Waals surface area contributed by atoms with Crippen LogP contribution in [-0.4, -0.2) is 35.3 Å². The summed E-state index contributed by atoms with van der Waals surface area (Å²) in [5.74, 6) is -1.94. The maximum absolute atomic E-state index is 14.0. The lowest BCUT2D eigenvalue weighted by Gasteiger charge is -2.26. The second kappa shape index (κ2) is 5.40. The second-order valence-electron chi connectivity index (χ2n) is 4.45. The van der Waals surface area contributed by atoms with Crippen LogP contribution in [0.15, 0.2) is 17.3 Å². The van der Waals surface area contributed by atoms with Crippen molar-refractivity contribution in [1.29, 1.82) is 0 Å². The van der Waals surface area contributed by atoms with Crippen LogP contribution in [-0.2, 0) is 0 Å². The Kier molecular flexibility index (Phi) is 3.84. The molecule has 0 radical (unpaired) electrons. The number of benzene rings is 1. The highest BCUT2D eigenvalue weighted by atomic mass is 19.1. The largest absolute Gasteiger partial charge is 0.409 e. The van der Waals surface area contributed by atoms with E-state index in [0.29, 0.717) is 13.0 Å². The van der Waals surface area contributed by atoms with E-state index in [1.54, 1.807) is 0 Å². The fourth-order valence-corrected chi connectivity index (χ4v) is 2.37. The van der Waals surface area contributed by atoms with E-state index in [4.69, 9.17) is 10.9 Å². The van der Waals surface area contributed by atoms with Gasteiger partial charge in [-0.2, -0.15) is 0 Å². The molecule has 1 unspecified atom stereocenters. The number of hydrogen-bond acceptors (Lipinski definition) is 4.